The number of ether oxygens (including phenoxy) is 3. The van der Waals surface area contributed by atoms with Crippen LogP contribution in [0.1, 0.15) is 11.1 Å². The molecule has 0 aliphatic carbocycles. The zero-order chi connectivity index (χ0) is 18.2. The molecule has 0 bridgehead atoms. The Morgan fingerprint density at radius 2 is 1.64 bits per heavy atom. The first-order valence-corrected chi connectivity index (χ1v) is 7.88. The monoisotopic (exact) mass is 347 g/mol. The Bertz CT molecular complexity index is 716. The number of benzene rings is 2. The van der Waals surface area contributed by atoms with Gasteiger partial charge in [0, 0.05) is 12.1 Å². The van der Waals surface area contributed by atoms with E-state index in [0.29, 0.717) is 35.8 Å². The minimum absolute atomic E-state index is 0.132. The number of carbonyl (C=O) groups is 1. The van der Waals surface area contributed by atoms with E-state index in [4.69, 9.17) is 14.2 Å². The third-order valence-corrected chi connectivity index (χ3v) is 3.79. The summed E-state index contributed by atoms with van der Waals surface area (Å²) in [7, 11) is 4.58. The summed E-state index contributed by atoms with van der Waals surface area (Å²) in [6, 6.07) is 9.75. The minimum Gasteiger partial charge on any atom is -0.493 e. The Morgan fingerprint density at radius 1 is 0.960 bits per heavy atom. The van der Waals surface area contributed by atoms with E-state index < -0.39 is 0 Å². The predicted molar refractivity (Wildman–Crippen MR) is 92.9 cm³/mol. The molecule has 2 rings (SSSR count). The molecule has 0 fully saturated rings. The lowest BCUT2D eigenvalue weighted by Gasteiger charge is -2.15. The van der Waals surface area contributed by atoms with Gasteiger partial charge < -0.3 is 19.5 Å². The maximum absolute atomic E-state index is 12.9. The van der Waals surface area contributed by atoms with Crippen LogP contribution in [0, 0.1) is 5.82 Å². The van der Waals surface area contributed by atoms with Crippen LogP contribution < -0.4 is 19.5 Å². The van der Waals surface area contributed by atoms with Crippen molar-refractivity contribution in [1.82, 2.24) is 5.32 Å². The Kier molecular flexibility index (Phi) is 6.62. The molecule has 0 aromatic heterocycles. The molecule has 6 heteroatoms. The van der Waals surface area contributed by atoms with E-state index in [2.05, 4.69) is 5.32 Å². The molecule has 5 nitrogen and oxygen atoms in total. The number of nitrogens with one attached hydrogen (secondary N) is 1. The molecule has 25 heavy (non-hydrogen) atoms. The largest absolute Gasteiger partial charge is 0.493 e. The van der Waals surface area contributed by atoms with Gasteiger partial charge in [0.1, 0.15) is 5.82 Å². The topological polar surface area (TPSA) is 56.8 Å². The molecule has 0 aliphatic rings. The molecule has 0 unspecified atom stereocenters. The molecule has 0 aliphatic heterocycles. The van der Waals surface area contributed by atoms with Crippen LogP contribution in [0.4, 0.5) is 4.39 Å². The van der Waals surface area contributed by atoms with Crippen molar-refractivity contribution in [3.05, 3.63) is 53.3 Å². The van der Waals surface area contributed by atoms with Crippen molar-refractivity contribution in [2.24, 2.45) is 0 Å². The SMILES string of the molecule is COc1ccc(CC(=O)NCCc2ccc(F)cc2)c(OC)c1OC. The molecule has 0 spiro atoms. The van der Waals surface area contributed by atoms with Gasteiger partial charge in [0.05, 0.1) is 27.8 Å². The minimum atomic E-state index is -0.270. The lowest BCUT2D eigenvalue weighted by molar-refractivity contribution is -0.120. The van der Waals surface area contributed by atoms with E-state index in [-0.39, 0.29) is 18.1 Å². The Hall–Kier alpha value is -2.76. The molecule has 2 aromatic rings. The van der Waals surface area contributed by atoms with Crippen LogP contribution in [-0.2, 0) is 17.6 Å². The molecule has 0 atom stereocenters. The fourth-order valence-corrected chi connectivity index (χ4v) is 2.54. The number of halogens is 1. The summed E-state index contributed by atoms with van der Waals surface area (Å²) < 4.78 is 28.8. The number of amides is 1. The van der Waals surface area contributed by atoms with E-state index in [1.54, 1.807) is 31.4 Å². The van der Waals surface area contributed by atoms with Crippen LogP contribution in [-0.4, -0.2) is 33.8 Å². The summed E-state index contributed by atoms with van der Waals surface area (Å²) in [6.45, 7) is 0.472. The molecule has 1 N–H and O–H groups in total. The van der Waals surface area contributed by atoms with Crippen LogP contribution in [0.3, 0.4) is 0 Å². The van der Waals surface area contributed by atoms with Gasteiger partial charge in [-0.15, -0.1) is 0 Å². The van der Waals surface area contributed by atoms with Crippen molar-refractivity contribution >= 4 is 5.91 Å². The molecule has 1 amide bonds. The third kappa shape index (κ3) is 4.86. The predicted octanol–water partition coefficient (Wildman–Crippen LogP) is 2.75. The highest BCUT2D eigenvalue weighted by molar-refractivity contribution is 5.80. The molecule has 0 saturated heterocycles. The highest BCUT2D eigenvalue weighted by atomic mass is 19.1. The van der Waals surface area contributed by atoms with E-state index in [1.807, 2.05) is 0 Å². The number of carbonyl (C=O) groups excluding carboxylic acids is 1. The fraction of sp³-hybridized carbons (Fsp3) is 0.316. The van der Waals surface area contributed by atoms with Crippen molar-refractivity contribution in [2.75, 3.05) is 27.9 Å². The second-order valence-corrected chi connectivity index (χ2v) is 5.40. The number of hydrogen-bond acceptors (Lipinski definition) is 4. The summed E-state index contributed by atoms with van der Waals surface area (Å²) in [5.41, 5.74) is 1.67. The standard InChI is InChI=1S/C19H22FNO4/c1-23-16-9-6-14(18(24-2)19(16)25-3)12-17(22)21-11-10-13-4-7-15(20)8-5-13/h4-9H,10-12H2,1-3H3,(H,21,22). The van der Waals surface area contributed by atoms with Gasteiger partial charge in [-0.05, 0) is 30.2 Å². The average Bonchev–Trinajstić information content (AvgIpc) is 2.62. The average molecular weight is 347 g/mol. The van der Waals surface area contributed by atoms with Crippen molar-refractivity contribution in [3.63, 3.8) is 0 Å². The van der Waals surface area contributed by atoms with Crippen LogP contribution >= 0.6 is 0 Å². The van der Waals surface area contributed by atoms with Gasteiger partial charge in [-0.25, -0.2) is 4.39 Å². The van der Waals surface area contributed by atoms with Crippen molar-refractivity contribution in [1.29, 1.82) is 0 Å². The van der Waals surface area contributed by atoms with E-state index >= 15 is 0 Å². The Labute approximate surface area is 146 Å². The van der Waals surface area contributed by atoms with Crippen LogP contribution in [0.5, 0.6) is 17.2 Å². The maximum Gasteiger partial charge on any atom is 0.224 e. The molecule has 0 radical (unpaired) electrons. The van der Waals surface area contributed by atoms with Gasteiger partial charge >= 0.3 is 0 Å². The number of methoxy groups -OCH3 is 3. The summed E-state index contributed by atoms with van der Waals surface area (Å²) in [5, 5.41) is 2.85. The third-order valence-electron chi connectivity index (χ3n) is 3.79. The van der Waals surface area contributed by atoms with Gasteiger partial charge in [-0.3, -0.25) is 4.79 Å². The molecular formula is C19H22FNO4. The van der Waals surface area contributed by atoms with E-state index in [1.165, 1.54) is 26.4 Å². The smallest absolute Gasteiger partial charge is 0.224 e. The van der Waals surface area contributed by atoms with Crippen LogP contribution in [0.25, 0.3) is 0 Å². The first-order valence-electron chi connectivity index (χ1n) is 7.88. The van der Waals surface area contributed by atoms with Crippen molar-refractivity contribution in [3.8, 4) is 17.2 Å². The molecular weight excluding hydrogens is 325 g/mol. The van der Waals surface area contributed by atoms with Gasteiger partial charge in [0.2, 0.25) is 11.7 Å². The zero-order valence-corrected chi connectivity index (χ0v) is 14.6. The first-order chi connectivity index (χ1) is 12.1. The normalized spacial score (nSPS) is 10.2. The van der Waals surface area contributed by atoms with Crippen molar-refractivity contribution in [2.45, 2.75) is 12.8 Å². The van der Waals surface area contributed by atoms with Gasteiger partial charge in [0.25, 0.3) is 0 Å². The second-order valence-electron chi connectivity index (χ2n) is 5.40. The fourth-order valence-electron chi connectivity index (χ4n) is 2.54. The molecule has 2 aromatic carbocycles. The zero-order valence-electron chi connectivity index (χ0n) is 14.6. The molecule has 134 valence electrons. The van der Waals surface area contributed by atoms with E-state index in [9.17, 15) is 9.18 Å². The summed E-state index contributed by atoms with van der Waals surface area (Å²) in [6.07, 6.45) is 0.794. The van der Waals surface area contributed by atoms with Crippen LogP contribution in [0.2, 0.25) is 0 Å². The summed E-state index contributed by atoms with van der Waals surface area (Å²) in [5.74, 6) is 1.08. The molecule has 0 saturated carbocycles. The van der Waals surface area contributed by atoms with Gasteiger partial charge in [0.15, 0.2) is 11.5 Å². The maximum atomic E-state index is 12.9. The van der Waals surface area contributed by atoms with Crippen molar-refractivity contribution < 1.29 is 23.4 Å². The number of hydrogen-bond donors (Lipinski definition) is 1. The lowest BCUT2D eigenvalue weighted by Crippen LogP contribution is -2.27. The lowest BCUT2D eigenvalue weighted by atomic mass is 10.1. The summed E-state index contributed by atoms with van der Waals surface area (Å²) in [4.78, 5) is 12.2. The van der Waals surface area contributed by atoms with Gasteiger partial charge in [-0.1, -0.05) is 18.2 Å². The Balaban J connectivity index is 1.96. The highest BCUT2D eigenvalue weighted by Gasteiger charge is 2.17. The summed E-state index contributed by atoms with van der Waals surface area (Å²) >= 11 is 0. The van der Waals surface area contributed by atoms with Crippen LogP contribution in [0.15, 0.2) is 36.4 Å². The Morgan fingerprint density at radius 3 is 2.24 bits per heavy atom. The highest BCUT2D eigenvalue weighted by Crippen LogP contribution is 2.39. The van der Waals surface area contributed by atoms with Gasteiger partial charge in [-0.2, -0.15) is 0 Å². The number of rotatable bonds is 8. The second kappa shape index (κ2) is 8.92. The first kappa shape index (κ1) is 18.6. The van der Waals surface area contributed by atoms with E-state index in [0.717, 1.165) is 5.56 Å². The molecule has 0 heterocycles. The quantitative estimate of drug-likeness (QED) is 0.798.